The lowest BCUT2D eigenvalue weighted by atomic mass is 10.2. The molecule has 146 valence electrons. The van der Waals surface area contributed by atoms with E-state index in [4.69, 9.17) is 0 Å². The van der Waals surface area contributed by atoms with Crippen molar-refractivity contribution < 1.29 is 9.59 Å². The van der Waals surface area contributed by atoms with Crippen LogP contribution < -0.4 is 16.6 Å². The number of fused-ring (bicyclic) bond motifs is 1. The molecule has 0 spiro atoms. The van der Waals surface area contributed by atoms with Crippen LogP contribution in [0.2, 0.25) is 0 Å². The van der Waals surface area contributed by atoms with Crippen molar-refractivity contribution in [3.63, 3.8) is 0 Å². The van der Waals surface area contributed by atoms with Crippen LogP contribution in [0.25, 0.3) is 10.9 Å². The number of carbonyl (C=O) groups is 2. The molecule has 0 fully saturated rings. The third kappa shape index (κ3) is 5.29. The summed E-state index contributed by atoms with van der Waals surface area (Å²) in [5, 5.41) is 3.17. The summed E-state index contributed by atoms with van der Waals surface area (Å²) < 4.78 is 1.39. The number of nitrogens with one attached hydrogen (secondary N) is 2. The van der Waals surface area contributed by atoms with Crippen LogP contribution in [0.15, 0.2) is 33.9 Å². The van der Waals surface area contributed by atoms with Crippen molar-refractivity contribution >= 4 is 22.7 Å². The molecule has 0 aliphatic heterocycles. The number of benzene rings is 1. The number of aromatic nitrogens is 2. The van der Waals surface area contributed by atoms with Crippen molar-refractivity contribution in [2.24, 2.45) is 0 Å². The zero-order chi connectivity index (χ0) is 19.8. The SMILES string of the molecule is CCN(CC)C(=O)CCCNC(=O)CCn1c(=O)[nH]c(=O)c2ccccc21. The molecule has 0 saturated carbocycles. The molecular weight excluding hydrogens is 348 g/mol. The normalized spacial score (nSPS) is 10.7. The Morgan fingerprint density at radius 1 is 1.11 bits per heavy atom. The van der Waals surface area contributed by atoms with Crippen molar-refractivity contribution in [1.29, 1.82) is 0 Å². The van der Waals surface area contributed by atoms with E-state index in [1.807, 2.05) is 13.8 Å². The van der Waals surface area contributed by atoms with Gasteiger partial charge in [0.25, 0.3) is 5.56 Å². The number of aryl methyl sites for hydroxylation is 1. The second-order valence-electron chi connectivity index (χ2n) is 6.20. The van der Waals surface area contributed by atoms with Gasteiger partial charge in [0, 0.05) is 39.0 Å². The Morgan fingerprint density at radius 2 is 1.81 bits per heavy atom. The van der Waals surface area contributed by atoms with E-state index in [0.29, 0.717) is 43.4 Å². The van der Waals surface area contributed by atoms with Crippen molar-refractivity contribution in [2.45, 2.75) is 39.7 Å². The van der Waals surface area contributed by atoms with Crippen LogP contribution in [-0.2, 0) is 16.1 Å². The number of para-hydroxylation sites is 1. The number of hydrogen-bond acceptors (Lipinski definition) is 4. The summed E-state index contributed by atoms with van der Waals surface area (Å²) in [6.45, 7) is 5.82. The Hall–Kier alpha value is -2.90. The number of rotatable bonds is 9. The summed E-state index contributed by atoms with van der Waals surface area (Å²) in [6.07, 6.45) is 1.08. The minimum atomic E-state index is -0.531. The number of amides is 2. The fourth-order valence-electron chi connectivity index (χ4n) is 2.97. The molecule has 1 aromatic carbocycles. The van der Waals surface area contributed by atoms with Crippen molar-refractivity contribution in [3.8, 4) is 0 Å². The van der Waals surface area contributed by atoms with Gasteiger partial charge in [-0.2, -0.15) is 0 Å². The topological polar surface area (TPSA) is 104 Å². The smallest absolute Gasteiger partial charge is 0.328 e. The van der Waals surface area contributed by atoms with Crippen molar-refractivity contribution in [1.82, 2.24) is 19.8 Å². The van der Waals surface area contributed by atoms with Gasteiger partial charge in [0.15, 0.2) is 0 Å². The van der Waals surface area contributed by atoms with Crippen LogP contribution in [0.1, 0.15) is 33.1 Å². The van der Waals surface area contributed by atoms with Crippen LogP contribution in [0.4, 0.5) is 0 Å². The van der Waals surface area contributed by atoms with E-state index in [-0.39, 0.29) is 24.8 Å². The lowest BCUT2D eigenvalue weighted by molar-refractivity contribution is -0.131. The van der Waals surface area contributed by atoms with Gasteiger partial charge in [-0.3, -0.25) is 23.9 Å². The first-order valence-corrected chi connectivity index (χ1v) is 9.24. The monoisotopic (exact) mass is 374 g/mol. The van der Waals surface area contributed by atoms with E-state index in [9.17, 15) is 19.2 Å². The fraction of sp³-hybridized carbons (Fsp3) is 0.474. The van der Waals surface area contributed by atoms with Crippen LogP contribution in [0.3, 0.4) is 0 Å². The van der Waals surface area contributed by atoms with Gasteiger partial charge in [-0.1, -0.05) is 12.1 Å². The molecule has 0 aliphatic rings. The molecule has 2 N–H and O–H groups in total. The summed E-state index contributed by atoms with van der Waals surface area (Å²) in [5.74, 6) is -0.118. The van der Waals surface area contributed by atoms with Gasteiger partial charge in [-0.25, -0.2) is 4.79 Å². The number of hydrogen-bond donors (Lipinski definition) is 2. The third-order valence-electron chi connectivity index (χ3n) is 4.47. The largest absolute Gasteiger partial charge is 0.356 e. The van der Waals surface area contributed by atoms with Crippen LogP contribution in [0.5, 0.6) is 0 Å². The van der Waals surface area contributed by atoms with E-state index in [0.717, 1.165) is 0 Å². The minimum absolute atomic E-state index is 0.0838. The van der Waals surface area contributed by atoms with Gasteiger partial charge in [0.05, 0.1) is 10.9 Å². The van der Waals surface area contributed by atoms with Gasteiger partial charge >= 0.3 is 5.69 Å². The first-order chi connectivity index (χ1) is 13.0. The van der Waals surface area contributed by atoms with E-state index in [1.165, 1.54) is 4.57 Å². The molecule has 0 aliphatic carbocycles. The van der Waals surface area contributed by atoms with Crippen LogP contribution >= 0.6 is 0 Å². The predicted octanol–water partition coefficient (Wildman–Crippen LogP) is 0.845. The molecule has 2 aromatic rings. The molecule has 1 heterocycles. The maximum Gasteiger partial charge on any atom is 0.328 e. The highest BCUT2D eigenvalue weighted by Crippen LogP contribution is 2.07. The average molecular weight is 374 g/mol. The van der Waals surface area contributed by atoms with Gasteiger partial charge in [-0.15, -0.1) is 0 Å². The quantitative estimate of drug-likeness (QED) is 0.635. The zero-order valence-corrected chi connectivity index (χ0v) is 15.8. The maximum absolute atomic E-state index is 12.1. The van der Waals surface area contributed by atoms with Gasteiger partial charge in [0.1, 0.15) is 0 Å². The Kier molecular flexibility index (Phi) is 7.34. The lowest BCUT2D eigenvalue weighted by Gasteiger charge is -2.18. The van der Waals surface area contributed by atoms with E-state index in [1.54, 1.807) is 29.2 Å². The Balaban J connectivity index is 1.86. The maximum atomic E-state index is 12.1. The molecule has 27 heavy (non-hydrogen) atoms. The minimum Gasteiger partial charge on any atom is -0.356 e. The average Bonchev–Trinajstić information content (AvgIpc) is 2.66. The Morgan fingerprint density at radius 3 is 2.52 bits per heavy atom. The van der Waals surface area contributed by atoms with Crippen LogP contribution in [-0.4, -0.2) is 45.9 Å². The molecule has 2 rings (SSSR count). The number of aromatic amines is 1. The Bertz CT molecular complexity index is 912. The zero-order valence-electron chi connectivity index (χ0n) is 15.8. The van der Waals surface area contributed by atoms with Gasteiger partial charge in [0.2, 0.25) is 11.8 Å². The molecule has 8 nitrogen and oxygen atoms in total. The van der Waals surface area contributed by atoms with Gasteiger partial charge in [-0.05, 0) is 32.4 Å². The summed E-state index contributed by atoms with van der Waals surface area (Å²) in [5.41, 5.74) is -0.464. The summed E-state index contributed by atoms with van der Waals surface area (Å²) in [7, 11) is 0. The Labute approximate surface area is 157 Å². The highest BCUT2D eigenvalue weighted by Gasteiger charge is 2.10. The van der Waals surface area contributed by atoms with Crippen LogP contribution in [0, 0.1) is 0 Å². The second kappa shape index (κ2) is 9.70. The van der Waals surface area contributed by atoms with E-state index in [2.05, 4.69) is 10.3 Å². The predicted molar refractivity (Wildman–Crippen MR) is 104 cm³/mol. The molecule has 0 atom stereocenters. The first-order valence-electron chi connectivity index (χ1n) is 9.24. The number of H-pyrrole nitrogens is 1. The van der Waals surface area contributed by atoms with Crippen molar-refractivity contribution in [3.05, 3.63) is 45.1 Å². The standard InChI is InChI=1S/C19H26N4O4/c1-3-22(4-2)17(25)10-7-12-20-16(24)11-13-23-15-9-6-5-8-14(15)18(26)21-19(23)27/h5-6,8-9H,3-4,7,10-13H2,1-2H3,(H,20,24)(H,21,26,27). The molecule has 1 aromatic heterocycles. The number of nitrogens with zero attached hydrogens (tertiary/aromatic N) is 2. The molecule has 0 saturated heterocycles. The molecular formula is C19H26N4O4. The highest BCUT2D eigenvalue weighted by atomic mass is 16.2. The molecule has 8 heteroatoms. The third-order valence-corrected chi connectivity index (χ3v) is 4.47. The second-order valence-corrected chi connectivity index (χ2v) is 6.20. The molecule has 0 bridgehead atoms. The van der Waals surface area contributed by atoms with Gasteiger partial charge < -0.3 is 10.2 Å². The highest BCUT2D eigenvalue weighted by molar-refractivity contribution is 5.79. The summed E-state index contributed by atoms with van der Waals surface area (Å²) in [4.78, 5) is 51.8. The summed E-state index contributed by atoms with van der Waals surface area (Å²) >= 11 is 0. The first kappa shape index (κ1) is 20.4. The molecule has 0 unspecified atom stereocenters. The van der Waals surface area contributed by atoms with E-state index >= 15 is 0 Å². The molecule has 2 amide bonds. The number of carbonyl (C=O) groups excluding carboxylic acids is 2. The molecule has 0 radical (unpaired) electrons. The van der Waals surface area contributed by atoms with E-state index < -0.39 is 11.2 Å². The van der Waals surface area contributed by atoms with Crippen molar-refractivity contribution in [2.75, 3.05) is 19.6 Å². The summed E-state index contributed by atoms with van der Waals surface area (Å²) in [6, 6.07) is 6.78. The lowest BCUT2D eigenvalue weighted by Crippen LogP contribution is -2.33. The fourth-order valence-corrected chi connectivity index (χ4v) is 2.97.